The summed E-state index contributed by atoms with van der Waals surface area (Å²) in [5.74, 6) is -0.898. The summed E-state index contributed by atoms with van der Waals surface area (Å²) in [7, 11) is 0. The fourth-order valence-electron chi connectivity index (χ4n) is 1.31. The van der Waals surface area contributed by atoms with Gasteiger partial charge in [-0.3, -0.25) is 4.79 Å². The van der Waals surface area contributed by atoms with Crippen molar-refractivity contribution in [1.82, 2.24) is 0 Å². The van der Waals surface area contributed by atoms with Crippen LogP contribution in [0.4, 0.5) is 0 Å². The number of carbonyl (C=O) groups excluding carboxylic acids is 2. The molecule has 4 nitrogen and oxygen atoms in total. The van der Waals surface area contributed by atoms with Gasteiger partial charge >= 0.3 is 11.9 Å². The third-order valence-corrected chi connectivity index (χ3v) is 2.18. The van der Waals surface area contributed by atoms with Gasteiger partial charge in [-0.2, -0.15) is 0 Å². The van der Waals surface area contributed by atoms with Crippen molar-refractivity contribution in [2.24, 2.45) is 0 Å². The Morgan fingerprint density at radius 1 is 0.933 bits per heavy atom. The van der Waals surface area contributed by atoms with Gasteiger partial charge in [-0.1, -0.05) is 6.58 Å². The predicted octanol–water partition coefficient (Wildman–Crippen LogP) is 1.59. The number of hydrogen-bond acceptors (Lipinski definition) is 4. The van der Waals surface area contributed by atoms with E-state index in [1.54, 1.807) is 0 Å². The Morgan fingerprint density at radius 2 is 1.53 bits per heavy atom. The minimum absolute atomic E-state index is 0.0706. The van der Waals surface area contributed by atoms with Crippen LogP contribution in [0.25, 0.3) is 0 Å². The van der Waals surface area contributed by atoms with Gasteiger partial charge in [-0.15, -0.1) is 0 Å². The Hall–Kier alpha value is -1.32. The molecule has 0 atom stereocenters. The van der Waals surface area contributed by atoms with Gasteiger partial charge in [0, 0.05) is 5.57 Å². The average molecular weight is 212 g/mol. The SMILES string of the molecule is C=C1CC(=O)OCCCCCCOC1=O. The van der Waals surface area contributed by atoms with Gasteiger partial charge in [0.05, 0.1) is 19.6 Å². The molecule has 1 heterocycles. The Morgan fingerprint density at radius 3 is 2.20 bits per heavy atom. The standard InChI is InChI=1S/C11H16O4/c1-9-8-10(12)14-6-4-2-3-5-7-15-11(9)13/h1-8H2. The van der Waals surface area contributed by atoms with E-state index in [4.69, 9.17) is 9.47 Å². The van der Waals surface area contributed by atoms with Gasteiger partial charge in [0.2, 0.25) is 0 Å². The highest BCUT2D eigenvalue weighted by molar-refractivity contribution is 5.93. The molecule has 0 radical (unpaired) electrons. The largest absolute Gasteiger partial charge is 0.465 e. The van der Waals surface area contributed by atoms with Crippen molar-refractivity contribution in [3.63, 3.8) is 0 Å². The third-order valence-electron chi connectivity index (χ3n) is 2.18. The number of ether oxygens (including phenoxy) is 2. The Kier molecular flexibility index (Phi) is 4.87. The molecular formula is C11H16O4. The van der Waals surface area contributed by atoms with Crippen LogP contribution in [0.5, 0.6) is 0 Å². The lowest BCUT2D eigenvalue weighted by atomic mass is 10.2. The van der Waals surface area contributed by atoms with Crippen LogP contribution < -0.4 is 0 Å². The van der Waals surface area contributed by atoms with Crippen molar-refractivity contribution in [1.29, 1.82) is 0 Å². The van der Waals surface area contributed by atoms with Gasteiger partial charge < -0.3 is 9.47 Å². The second-order valence-corrected chi connectivity index (χ2v) is 3.55. The lowest BCUT2D eigenvalue weighted by Gasteiger charge is -2.09. The minimum atomic E-state index is -0.493. The van der Waals surface area contributed by atoms with Crippen LogP contribution in [0.15, 0.2) is 12.2 Å². The monoisotopic (exact) mass is 212 g/mol. The normalized spacial score (nSPS) is 20.9. The van der Waals surface area contributed by atoms with E-state index in [0.717, 1.165) is 25.7 Å². The third kappa shape index (κ3) is 4.63. The maximum atomic E-state index is 11.2. The molecule has 0 aliphatic carbocycles. The molecular weight excluding hydrogens is 196 g/mol. The molecule has 0 aromatic heterocycles. The highest BCUT2D eigenvalue weighted by atomic mass is 16.5. The summed E-state index contributed by atoms with van der Waals surface area (Å²) in [6.45, 7) is 4.34. The van der Waals surface area contributed by atoms with E-state index in [0.29, 0.717) is 13.2 Å². The molecule has 84 valence electrons. The van der Waals surface area contributed by atoms with Crippen molar-refractivity contribution >= 4 is 11.9 Å². The van der Waals surface area contributed by atoms with E-state index >= 15 is 0 Å². The van der Waals surface area contributed by atoms with Gasteiger partial charge in [-0.05, 0) is 25.7 Å². The second-order valence-electron chi connectivity index (χ2n) is 3.55. The molecule has 0 aromatic carbocycles. The molecule has 0 bridgehead atoms. The molecule has 1 aliphatic heterocycles. The zero-order valence-electron chi connectivity index (χ0n) is 8.79. The van der Waals surface area contributed by atoms with Crippen molar-refractivity contribution in [2.45, 2.75) is 32.1 Å². The summed E-state index contributed by atoms with van der Waals surface area (Å²) < 4.78 is 9.86. The first-order valence-electron chi connectivity index (χ1n) is 5.20. The zero-order valence-corrected chi connectivity index (χ0v) is 8.79. The van der Waals surface area contributed by atoms with Crippen LogP contribution in [0.3, 0.4) is 0 Å². The van der Waals surface area contributed by atoms with Gasteiger partial charge in [0.25, 0.3) is 0 Å². The van der Waals surface area contributed by atoms with E-state index in [9.17, 15) is 9.59 Å². The van der Waals surface area contributed by atoms with Crippen LogP contribution in [-0.2, 0) is 19.1 Å². The molecule has 1 fully saturated rings. The van der Waals surface area contributed by atoms with Gasteiger partial charge in [0.15, 0.2) is 0 Å². The average Bonchev–Trinajstić information content (AvgIpc) is 2.19. The number of carbonyl (C=O) groups is 2. The van der Waals surface area contributed by atoms with Crippen LogP contribution >= 0.6 is 0 Å². The van der Waals surface area contributed by atoms with Gasteiger partial charge in [0.1, 0.15) is 0 Å². The van der Waals surface area contributed by atoms with Crippen molar-refractivity contribution in [3.05, 3.63) is 12.2 Å². The highest BCUT2D eigenvalue weighted by Crippen LogP contribution is 2.08. The molecule has 1 aliphatic rings. The Labute approximate surface area is 89.2 Å². The van der Waals surface area contributed by atoms with E-state index in [1.165, 1.54) is 0 Å². The molecule has 1 saturated heterocycles. The fraction of sp³-hybridized carbons (Fsp3) is 0.636. The molecule has 0 spiro atoms. The summed E-state index contributed by atoms with van der Waals surface area (Å²) >= 11 is 0. The van der Waals surface area contributed by atoms with E-state index < -0.39 is 11.9 Å². The summed E-state index contributed by atoms with van der Waals surface area (Å²) in [5, 5.41) is 0. The summed E-state index contributed by atoms with van der Waals surface area (Å²) in [6, 6.07) is 0. The van der Waals surface area contributed by atoms with Crippen molar-refractivity contribution in [3.8, 4) is 0 Å². The minimum Gasteiger partial charge on any atom is -0.465 e. The molecule has 15 heavy (non-hydrogen) atoms. The van der Waals surface area contributed by atoms with Crippen LogP contribution in [0.1, 0.15) is 32.1 Å². The van der Waals surface area contributed by atoms with E-state index in [2.05, 4.69) is 6.58 Å². The first kappa shape index (κ1) is 11.8. The Bertz CT molecular complexity index is 257. The molecule has 1 rings (SSSR count). The quantitative estimate of drug-likeness (QED) is 0.452. The van der Waals surface area contributed by atoms with E-state index in [1.807, 2.05) is 0 Å². The zero-order chi connectivity index (χ0) is 11.1. The molecule has 0 amide bonds. The summed E-state index contributed by atoms with van der Waals surface area (Å²) in [6.07, 6.45) is 3.63. The maximum absolute atomic E-state index is 11.2. The molecule has 0 N–H and O–H groups in total. The van der Waals surface area contributed by atoms with Gasteiger partial charge in [-0.25, -0.2) is 4.79 Å². The van der Waals surface area contributed by atoms with Crippen molar-refractivity contribution in [2.75, 3.05) is 13.2 Å². The molecule has 0 aromatic rings. The molecule has 0 saturated carbocycles. The number of rotatable bonds is 0. The summed E-state index contributed by atoms with van der Waals surface area (Å²) in [4.78, 5) is 22.4. The second kappa shape index (κ2) is 6.22. The van der Waals surface area contributed by atoms with Crippen LogP contribution in [0.2, 0.25) is 0 Å². The summed E-state index contributed by atoms with van der Waals surface area (Å²) in [5.41, 5.74) is 0.167. The van der Waals surface area contributed by atoms with Crippen LogP contribution in [-0.4, -0.2) is 25.2 Å². The number of esters is 2. The smallest absolute Gasteiger partial charge is 0.333 e. The first-order valence-corrected chi connectivity index (χ1v) is 5.20. The number of cyclic esters (lactones) is 2. The maximum Gasteiger partial charge on any atom is 0.333 e. The fourth-order valence-corrected chi connectivity index (χ4v) is 1.31. The number of hydrogen-bond donors (Lipinski definition) is 0. The lowest BCUT2D eigenvalue weighted by Crippen LogP contribution is -2.14. The first-order chi connectivity index (χ1) is 7.20. The van der Waals surface area contributed by atoms with E-state index in [-0.39, 0.29) is 12.0 Å². The van der Waals surface area contributed by atoms with Crippen LogP contribution in [0, 0.1) is 0 Å². The molecule has 0 unspecified atom stereocenters. The predicted molar refractivity (Wildman–Crippen MR) is 54.1 cm³/mol. The highest BCUT2D eigenvalue weighted by Gasteiger charge is 2.14. The van der Waals surface area contributed by atoms with Crippen molar-refractivity contribution < 1.29 is 19.1 Å². The topological polar surface area (TPSA) is 52.6 Å². The Balaban J connectivity index is 2.46. The molecule has 4 heteroatoms. The lowest BCUT2D eigenvalue weighted by molar-refractivity contribution is -0.146.